The maximum Gasteiger partial charge on any atom is 0.255 e. The van der Waals surface area contributed by atoms with Crippen LogP contribution in [0.15, 0.2) is 72.8 Å². The lowest BCUT2D eigenvalue weighted by Crippen LogP contribution is -2.54. The van der Waals surface area contributed by atoms with Crippen molar-refractivity contribution in [2.45, 2.75) is 18.4 Å². The number of hydrogen-bond donors (Lipinski definition) is 3. The van der Waals surface area contributed by atoms with Crippen LogP contribution in [0.25, 0.3) is 11.1 Å². The largest absolute Gasteiger partial charge is 0.338 e. The molecule has 0 aromatic heterocycles. The molecule has 1 saturated carbocycles. The highest BCUT2D eigenvalue weighted by Crippen LogP contribution is 2.43. The van der Waals surface area contributed by atoms with Gasteiger partial charge in [-0.15, -0.1) is 0 Å². The third-order valence-electron chi connectivity index (χ3n) is 7.09. The van der Waals surface area contributed by atoms with Gasteiger partial charge in [0.25, 0.3) is 5.91 Å². The summed E-state index contributed by atoms with van der Waals surface area (Å²) >= 11 is 0. The molecule has 2 aliphatic rings. The molecule has 1 aliphatic carbocycles. The maximum atomic E-state index is 13.3. The van der Waals surface area contributed by atoms with Crippen molar-refractivity contribution < 1.29 is 19.7 Å². The second-order valence-corrected chi connectivity index (χ2v) is 9.48. The Hall–Kier alpha value is -3.72. The fourth-order valence-electron chi connectivity index (χ4n) is 4.71. The Labute approximate surface area is 210 Å². The monoisotopic (exact) mass is 486 g/mol. The summed E-state index contributed by atoms with van der Waals surface area (Å²) in [6, 6.07) is 22.1. The van der Waals surface area contributed by atoms with E-state index in [1.54, 1.807) is 6.07 Å². The van der Waals surface area contributed by atoms with E-state index in [1.165, 1.54) is 12.1 Å². The summed E-state index contributed by atoms with van der Waals surface area (Å²) in [6.45, 7) is 3.50. The van der Waals surface area contributed by atoms with Crippen LogP contribution in [-0.2, 0) is 4.79 Å². The SMILES string of the molecule is CN1CCN(C2(C(=O)Nc3cc(C(=O)Nc4ccc(-c5ccccc5)cc4)ccc3OO)CC2)CC1. The Kier molecular flexibility index (Phi) is 6.73. The van der Waals surface area contributed by atoms with E-state index >= 15 is 0 Å². The average molecular weight is 487 g/mol. The van der Waals surface area contributed by atoms with Crippen molar-refractivity contribution >= 4 is 23.2 Å². The van der Waals surface area contributed by atoms with E-state index < -0.39 is 5.54 Å². The summed E-state index contributed by atoms with van der Waals surface area (Å²) in [5, 5.41) is 15.1. The van der Waals surface area contributed by atoms with Crippen LogP contribution in [0.5, 0.6) is 5.75 Å². The molecule has 0 spiro atoms. The fourth-order valence-corrected chi connectivity index (χ4v) is 4.71. The van der Waals surface area contributed by atoms with Gasteiger partial charge in [0.1, 0.15) is 5.54 Å². The number of likely N-dealkylation sites (N-methyl/N-ethyl adjacent to an activating group) is 1. The predicted molar refractivity (Wildman–Crippen MR) is 139 cm³/mol. The van der Waals surface area contributed by atoms with Gasteiger partial charge in [-0.3, -0.25) is 14.5 Å². The van der Waals surface area contributed by atoms with E-state index in [2.05, 4.69) is 32.4 Å². The summed E-state index contributed by atoms with van der Waals surface area (Å²) in [4.78, 5) is 35.2. The quantitative estimate of drug-likeness (QED) is 0.343. The van der Waals surface area contributed by atoms with E-state index in [0.717, 1.165) is 50.1 Å². The van der Waals surface area contributed by atoms with Gasteiger partial charge in [0.15, 0.2) is 5.75 Å². The average Bonchev–Trinajstić information content (AvgIpc) is 3.72. The van der Waals surface area contributed by atoms with Gasteiger partial charge in [0, 0.05) is 37.4 Å². The lowest BCUT2D eigenvalue weighted by molar-refractivity contribution is -0.137. The van der Waals surface area contributed by atoms with Crippen LogP contribution >= 0.6 is 0 Å². The van der Waals surface area contributed by atoms with Gasteiger partial charge in [0.2, 0.25) is 5.91 Å². The normalized spacial score (nSPS) is 17.3. The molecule has 3 N–H and O–H groups in total. The smallest absolute Gasteiger partial charge is 0.255 e. The maximum absolute atomic E-state index is 13.3. The number of nitrogens with zero attached hydrogens (tertiary/aromatic N) is 2. The molecule has 1 saturated heterocycles. The van der Waals surface area contributed by atoms with Crippen LogP contribution in [0.4, 0.5) is 11.4 Å². The first-order chi connectivity index (χ1) is 17.5. The lowest BCUT2D eigenvalue weighted by atomic mass is 10.1. The summed E-state index contributed by atoms with van der Waals surface area (Å²) in [5.41, 5.74) is 2.86. The molecule has 1 heterocycles. The Bertz CT molecular complexity index is 1230. The number of rotatable bonds is 7. The van der Waals surface area contributed by atoms with E-state index in [4.69, 9.17) is 0 Å². The lowest BCUT2D eigenvalue weighted by Gasteiger charge is -2.37. The minimum atomic E-state index is -0.535. The number of anilines is 2. The molecule has 2 fully saturated rings. The Morgan fingerprint density at radius 1 is 0.861 bits per heavy atom. The highest BCUT2D eigenvalue weighted by atomic mass is 17.1. The van der Waals surface area contributed by atoms with Crippen LogP contribution < -0.4 is 15.5 Å². The Morgan fingerprint density at radius 3 is 2.17 bits per heavy atom. The molecule has 0 bridgehead atoms. The van der Waals surface area contributed by atoms with Crippen LogP contribution in [0.3, 0.4) is 0 Å². The highest BCUT2D eigenvalue weighted by Gasteiger charge is 2.54. The molecule has 8 heteroatoms. The second-order valence-electron chi connectivity index (χ2n) is 9.48. The van der Waals surface area contributed by atoms with Gasteiger partial charge in [-0.2, -0.15) is 0 Å². The Morgan fingerprint density at radius 2 is 1.53 bits per heavy atom. The molecule has 8 nitrogen and oxygen atoms in total. The number of amides is 2. The minimum Gasteiger partial charge on any atom is -0.338 e. The number of nitrogens with one attached hydrogen (secondary N) is 2. The summed E-state index contributed by atoms with van der Waals surface area (Å²) in [6.07, 6.45) is 1.58. The Balaban J connectivity index is 1.28. The standard InChI is InChI=1S/C28H30N4O4/c1-31-15-17-32(18-16-31)28(13-14-28)27(34)30-24-19-22(9-12-25(24)36-35)26(33)29-23-10-7-21(8-11-23)20-5-3-2-4-6-20/h2-12,19,35H,13-18H2,1H3,(H,29,33)(H,30,34). The van der Waals surface area contributed by atoms with Gasteiger partial charge in [0.05, 0.1) is 5.69 Å². The molecular formula is C28H30N4O4. The van der Waals surface area contributed by atoms with Crippen molar-refractivity contribution in [1.82, 2.24) is 9.80 Å². The number of piperazine rings is 1. The summed E-state index contributed by atoms with van der Waals surface area (Å²) in [7, 11) is 2.08. The van der Waals surface area contributed by atoms with E-state index in [0.29, 0.717) is 11.3 Å². The number of benzene rings is 3. The molecule has 0 unspecified atom stereocenters. The third kappa shape index (κ3) is 4.97. The van der Waals surface area contributed by atoms with Crippen molar-refractivity contribution in [3.8, 4) is 16.9 Å². The van der Waals surface area contributed by atoms with E-state index in [-0.39, 0.29) is 23.3 Å². The first-order valence-electron chi connectivity index (χ1n) is 12.2. The first-order valence-corrected chi connectivity index (χ1v) is 12.2. The van der Waals surface area contributed by atoms with Crippen molar-refractivity contribution in [1.29, 1.82) is 0 Å². The number of hydrogen-bond acceptors (Lipinski definition) is 6. The van der Waals surface area contributed by atoms with Crippen LogP contribution in [0.2, 0.25) is 0 Å². The molecular weight excluding hydrogens is 456 g/mol. The topological polar surface area (TPSA) is 94.1 Å². The first kappa shape index (κ1) is 24.0. The van der Waals surface area contributed by atoms with Crippen LogP contribution in [0.1, 0.15) is 23.2 Å². The van der Waals surface area contributed by atoms with Crippen molar-refractivity contribution in [2.24, 2.45) is 0 Å². The zero-order chi connectivity index (χ0) is 25.1. The molecule has 5 rings (SSSR count). The summed E-state index contributed by atoms with van der Waals surface area (Å²) in [5.74, 6) is -0.386. The molecule has 1 aliphatic heterocycles. The van der Waals surface area contributed by atoms with Gasteiger partial charge < -0.3 is 20.4 Å². The van der Waals surface area contributed by atoms with Gasteiger partial charge in [-0.1, -0.05) is 42.5 Å². The van der Waals surface area contributed by atoms with Gasteiger partial charge in [-0.25, -0.2) is 5.26 Å². The highest BCUT2D eigenvalue weighted by molar-refractivity contribution is 6.07. The molecule has 3 aromatic rings. The van der Waals surface area contributed by atoms with Crippen LogP contribution in [0, 0.1) is 0 Å². The van der Waals surface area contributed by atoms with E-state index in [1.807, 2.05) is 54.6 Å². The van der Waals surface area contributed by atoms with Crippen molar-refractivity contribution in [3.05, 3.63) is 78.4 Å². The zero-order valence-electron chi connectivity index (χ0n) is 20.2. The molecule has 186 valence electrons. The number of carbonyl (C=O) groups is 2. The second kappa shape index (κ2) is 10.1. The minimum absolute atomic E-state index is 0.0845. The molecule has 0 radical (unpaired) electrons. The van der Waals surface area contributed by atoms with Gasteiger partial charge in [-0.05, 0) is 61.3 Å². The molecule has 36 heavy (non-hydrogen) atoms. The number of carbonyl (C=O) groups excluding carboxylic acids is 2. The van der Waals surface area contributed by atoms with Gasteiger partial charge >= 0.3 is 0 Å². The summed E-state index contributed by atoms with van der Waals surface area (Å²) < 4.78 is 0. The van der Waals surface area contributed by atoms with E-state index in [9.17, 15) is 14.8 Å². The molecule has 3 aromatic carbocycles. The van der Waals surface area contributed by atoms with Crippen LogP contribution in [-0.4, -0.2) is 65.6 Å². The fraction of sp³-hybridized carbons (Fsp3) is 0.286. The van der Waals surface area contributed by atoms with Crippen molar-refractivity contribution in [3.63, 3.8) is 0 Å². The zero-order valence-corrected chi connectivity index (χ0v) is 20.2. The molecule has 2 amide bonds. The van der Waals surface area contributed by atoms with Crippen molar-refractivity contribution in [2.75, 3.05) is 43.9 Å². The third-order valence-corrected chi connectivity index (χ3v) is 7.09. The molecule has 0 atom stereocenters. The predicted octanol–water partition coefficient (Wildman–Crippen LogP) is 4.18.